The van der Waals surface area contributed by atoms with Crippen LogP contribution in [0.4, 0.5) is 4.39 Å². The highest BCUT2D eigenvalue weighted by Crippen LogP contribution is 2.21. The zero-order chi connectivity index (χ0) is 19.5. The molecule has 138 valence electrons. The second kappa shape index (κ2) is 5.66. The Morgan fingerprint density at radius 1 is 1.22 bits per heavy atom. The van der Waals surface area contributed by atoms with Crippen molar-refractivity contribution < 1.29 is 9.18 Å². The molecule has 0 bridgehead atoms. The zero-order valence-corrected chi connectivity index (χ0v) is 14.5. The Labute approximate surface area is 150 Å². The summed E-state index contributed by atoms with van der Waals surface area (Å²) in [5.74, 6) is -0.780. The fourth-order valence-corrected chi connectivity index (χ4v) is 3.22. The molecule has 4 rings (SSSR count). The van der Waals surface area contributed by atoms with Crippen LogP contribution < -0.4 is 17.0 Å². The maximum absolute atomic E-state index is 13.3. The Morgan fingerprint density at radius 3 is 2.52 bits per heavy atom. The van der Waals surface area contributed by atoms with Gasteiger partial charge in [-0.3, -0.25) is 23.1 Å². The summed E-state index contributed by atoms with van der Waals surface area (Å²) >= 11 is 0. The number of halogens is 1. The first-order valence-corrected chi connectivity index (χ1v) is 8.03. The van der Waals surface area contributed by atoms with E-state index in [0.717, 1.165) is 10.3 Å². The second-order valence-electron chi connectivity index (χ2n) is 6.24. The van der Waals surface area contributed by atoms with Gasteiger partial charge in [0, 0.05) is 24.6 Å². The molecule has 3 heterocycles. The fourth-order valence-electron chi connectivity index (χ4n) is 3.22. The lowest BCUT2D eigenvalue weighted by Crippen LogP contribution is -2.42. The molecule has 0 saturated heterocycles. The molecule has 27 heavy (non-hydrogen) atoms. The van der Waals surface area contributed by atoms with Gasteiger partial charge in [-0.25, -0.2) is 13.8 Å². The van der Waals surface area contributed by atoms with E-state index in [4.69, 9.17) is 5.73 Å². The first-order chi connectivity index (χ1) is 12.8. The summed E-state index contributed by atoms with van der Waals surface area (Å²) in [5, 5.41) is 0. The van der Waals surface area contributed by atoms with Gasteiger partial charge in [-0.05, 0) is 31.2 Å². The number of fused-ring (bicyclic) bond motifs is 3. The second-order valence-corrected chi connectivity index (χ2v) is 6.24. The standard InChI is InChI=1S/C17H15FN6O3/c1-9-7-22-13-14(21(2)17(27)23(15(13)26)8-12(19)25)20-16(22)24(9)11-5-3-10(18)4-6-11/h3-7H,8H2,1-2H3,(H2,19,25). The number of nitrogens with zero attached hydrogens (tertiary/aromatic N) is 5. The van der Waals surface area contributed by atoms with Crippen molar-refractivity contribution in [2.75, 3.05) is 0 Å². The van der Waals surface area contributed by atoms with E-state index in [0.29, 0.717) is 11.5 Å². The number of hydrogen-bond acceptors (Lipinski definition) is 4. The summed E-state index contributed by atoms with van der Waals surface area (Å²) < 4.78 is 18.5. The number of aromatic nitrogens is 5. The normalized spacial score (nSPS) is 11.5. The Morgan fingerprint density at radius 2 is 1.89 bits per heavy atom. The van der Waals surface area contributed by atoms with E-state index in [1.54, 1.807) is 27.3 Å². The van der Waals surface area contributed by atoms with Crippen molar-refractivity contribution in [2.24, 2.45) is 12.8 Å². The van der Waals surface area contributed by atoms with Gasteiger partial charge in [0.25, 0.3) is 5.56 Å². The lowest BCUT2D eigenvalue weighted by atomic mass is 10.3. The molecule has 1 amide bonds. The third-order valence-corrected chi connectivity index (χ3v) is 4.42. The van der Waals surface area contributed by atoms with Crippen molar-refractivity contribution in [3.05, 3.63) is 62.8 Å². The molecule has 9 nitrogen and oxygen atoms in total. The summed E-state index contributed by atoms with van der Waals surface area (Å²) in [7, 11) is 1.46. The van der Waals surface area contributed by atoms with Crippen molar-refractivity contribution in [1.29, 1.82) is 0 Å². The number of hydrogen-bond donors (Lipinski definition) is 1. The first-order valence-electron chi connectivity index (χ1n) is 8.03. The molecule has 0 spiro atoms. The monoisotopic (exact) mass is 370 g/mol. The van der Waals surface area contributed by atoms with Crippen LogP contribution in [-0.4, -0.2) is 29.0 Å². The minimum Gasteiger partial charge on any atom is -0.368 e. The van der Waals surface area contributed by atoms with Gasteiger partial charge in [-0.2, -0.15) is 4.98 Å². The molecule has 0 unspecified atom stereocenters. The van der Waals surface area contributed by atoms with Crippen molar-refractivity contribution in [2.45, 2.75) is 13.5 Å². The molecule has 0 fully saturated rings. The molecule has 1 aromatic carbocycles. The molecule has 0 aliphatic rings. The van der Waals surface area contributed by atoms with Gasteiger partial charge < -0.3 is 5.73 Å². The van der Waals surface area contributed by atoms with Crippen LogP contribution in [0.15, 0.2) is 40.1 Å². The molecular weight excluding hydrogens is 355 g/mol. The van der Waals surface area contributed by atoms with Crippen molar-refractivity contribution in [3.8, 4) is 5.69 Å². The largest absolute Gasteiger partial charge is 0.368 e. The van der Waals surface area contributed by atoms with Gasteiger partial charge in [-0.1, -0.05) is 0 Å². The highest BCUT2D eigenvalue weighted by atomic mass is 19.1. The number of aryl methyl sites for hydroxylation is 2. The summed E-state index contributed by atoms with van der Waals surface area (Å²) in [6.45, 7) is 1.29. The van der Waals surface area contributed by atoms with Crippen LogP contribution in [0, 0.1) is 12.7 Å². The fraction of sp³-hybridized carbons (Fsp3) is 0.176. The van der Waals surface area contributed by atoms with Crippen LogP contribution in [0.5, 0.6) is 0 Å². The number of nitrogens with two attached hydrogens (primary N) is 1. The maximum atomic E-state index is 13.3. The van der Waals surface area contributed by atoms with Gasteiger partial charge in [0.1, 0.15) is 12.4 Å². The Hall–Kier alpha value is -3.69. The van der Waals surface area contributed by atoms with E-state index in [1.807, 2.05) is 6.92 Å². The number of primary amides is 1. The summed E-state index contributed by atoms with van der Waals surface area (Å²) in [6, 6.07) is 5.82. The maximum Gasteiger partial charge on any atom is 0.332 e. The molecule has 0 atom stereocenters. The van der Waals surface area contributed by atoms with Crippen molar-refractivity contribution >= 4 is 22.8 Å². The van der Waals surface area contributed by atoms with Gasteiger partial charge in [0.05, 0.1) is 0 Å². The topological polar surface area (TPSA) is 109 Å². The van der Waals surface area contributed by atoms with Crippen LogP contribution in [0.1, 0.15) is 5.69 Å². The molecule has 2 N–H and O–H groups in total. The minimum atomic E-state index is -0.797. The van der Waals surface area contributed by atoms with E-state index >= 15 is 0 Å². The lowest BCUT2D eigenvalue weighted by Gasteiger charge is -2.06. The molecule has 4 aromatic rings. The SMILES string of the molecule is Cc1cn2c3c(=O)n(CC(N)=O)c(=O)n(C)c3nc2n1-c1ccc(F)cc1. The van der Waals surface area contributed by atoms with E-state index < -0.39 is 23.7 Å². The predicted molar refractivity (Wildman–Crippen MR) is 95.4 cm³/mol. The smallest absolute Gasteiger partial charge is 0.332 e. The Bertz CT molecular complexity index is 1340. The molecule has 3 aromatic heterocycles. The Balaban J connectivity index is 2.12. The van der Waals surface area contributed by atoms with E-state index in [9.17, 15) is 18.8 Å². The highest BCUT2D eigenvalue weighted by Gasteiger charge is 2.21. The number of rotatable bonds is 3. The molecule has 0 aliphatic carbocycles. The van der Waals surface area contributed by atoms with E-state index in [2.05, 4.69) is 4.98 Å². The van der Waals surface area contributed by atoms with Crippen LogP contribution in [0.3, 0.4) is 0 Å². The van der Waals surface area contributed by atoms with Crippen LogP contribution >= 0.6 is 0 Å². The third-order valence-electron chi connectivity index (χ3n) is 4.42. The summed E-state index contributed by atoms with van der Waals surface area (Å²) in [6.07, 6.45) is 1.69. The average molecular weight is 370 g/mol. The summed E-state index contributed by atoms with van der Waals surface area (Å²) in [5.41, 5.74) is 5.55. The third kappa shape index (κ3) is 2.37. The van der Waals surface area contributed by atoms with Crippen molar-refractivity contribution in [3.63, 3.8) is 0 Å². The zero-order valence-electron chi connectivity index (χ0n) is 14.5. The predicted octanol–water partition coefficient (Wildman–Crippen LogP) is 0.0714. The number of carbonyl (C=O) groups excluding carboxylic acids is 1. The average Bonchev–Trinajstić information content (AvgIpc) is 3.12. The van der Waals surface area contributed by atoms with Gasteiger partial charge in [0.2, 0.25) is 11.7 Å². The van der Waals surface area contributed by atoms with Crippen LogP contribution in [0.2, 0.25) is 0 Å². The molecule has 0 radical (unpaired) electrons. The number of amides is 1. The Kier molecular flexibility index (Phi) is 3.51. The van der Waals surface area contributed by atoms with Gasteiger partial charge >= 0.3 is 5.69 Å². The molecule has 0 saturated carbocycles. The molecule has 10 heteroatoms. The van der Waals surface area contributed by atoms with Gasteiger partial charge in [-0.15, -0.1) is 0 Å². The number of imidazole rings is 2. The molecular formula is C17H15FN6O3. The van der Waals surface area contributed by atoms with E-state index in [-0.39, 0.29) is 17.0 Å². The molecule has 0 aliphatic heterocycles. The number of benzene rings is 1. The van der Waals surface area contributed by atoms with E-state index in [1.165, 1.54) is 23.7 Å². The van der Waals surface area contributed by atoms with Crippen LogP contribution in [-0.2, 0) is 18.4 Å². The quantitative estimate of drug-likeness (QED) is 0.550. The lowest BCUT2D eigenvalue weighted by molar-refractivity contribution is -0.118. The van der Waals surface area contributed by atoms with Crippen molar-refractivity contribution in [1.82, 2.24) is 23.1 Å². The summed E-state index contributed by atoms with van der Waals surface area (Å²) in [4.78, 5) is 40.9. The first kappa shape index (κ1) is 16.8. The minimum absolute atomic E-state index is 0.150. The van der Waals surface area contributed by atoms with Crippen LogP contribution in [0.25, 0.3) is 22.6 Å². The highest BCUT2D eigenvalue weighted by molar-refractivity contribution is 5.77. The van der Waals surface area contributed by atoms with Gasteiger partial charge in [0.15, 0.2) is 11.2 Å². The number of carbonyl (C=O) groups is 1.